The minimum atomic E-state index is -1.37. The maximum atomic E-state index is 13.9. The van der Waals surface area contributed by atoms with E-state index in [1.807, 2.05) is 6.92 Å². The summed E-state index contributed by atoms with van der Waals surface area (Å²) in [5.41, 5.74) is 4.00. The summed E-state index contributed by atoms with van der Waals surface area (Å²) in [6, 6.07) is 3.56. The summed E-state index contributed by atoms with van der Waals surface area (Å²) in [4.78, 5) is 53.0. The molecule has 1 aromatic carbocycles. The summed E-state index contributed by atoms with van der Waals surface area (Å²) in [5.74, 6) is -2.02. The van der Waals surface area contributed by atoms with E-state index < -0.39 is 53.5 Å². The molecule has 1 aromatic rings. The SMILES string of the molecule is CCCCCNC(=O)C(c1cccc(O)c1)N(C(=O)C(CC(N)=O)NC(=O)OC(C)(C)C)C(C)(C)C. The molecule has 36 heavy (non-hydrogen) atoms. The van der Waals surface area contributed by atoms with E-state index in [9.17, 15) is 24.3 Å². The van der Waals surface area contributed by atoms with Crippen LogP contribution in [0.1, 0.15) is 85.8 Å². The van der Waals surface area contributed by atoms with Crippen molar-refractivity contribution in [3.05, 3.63) is 29.8 Å². The fraction of sp³-hybridized carbons (Fsp3) is 0.615. The molecule has 2 unspecified atom stereocenters. The molecule has 1 rings (SSSR count). The minimum Gasteiger partial charge on any atom is -0.508 e. The van der Waals surface area contributed by atoms with Gasteiger partial charge in [0.05, 0.1) is 6.42 Å². The first-order chi connectivity index (χ1) is 16.6. The number of rotatable bonds is 11. The number of ether oxygens (including phenoxy) is 1. The lowest BCUT2D eigenvalue weighted by Gasteiger charge is -2.43. The third kappa shape index (κ3) is 10.1. The fourth-order valence-corrected chi connectivity index (χ4v) is 3.66. The number of benzene rings is 1. The number of primary amides is 1. The Hall–Kier alpha value is -3.30. The molecule has 2 atom stereocenters. The number of nitrogens with two attached hydrogens (primary N) is 1. The molecule has 0 aliphatic rings. The number of hydrogen-bond acceptors (Lipinski definition) is 6. The standard InChI is InChI=1S/C26H42N4O6/c1-8-9-10-14-28-22(33)21(17-12-11-13-18(31)15-17)30(25(2,3)4)23(34)19(16-20(27)32)29-24(35)36-26(5,6)7/h11-13,15,19,21,31H,8-10,14,16H2,1-7H3,(H2,27,32)(H,28,33)(H,29,35). The van der Waals surface area contributed by atoms with Crippen LogP contribution < -0.4 is 16.4 Å². The lowest BCUT2D eigenvalue weighted by Crippen LogP contribution is -2.59. The van der Waals surface area contributed by atoms with Gasteiger partial charge in [-0.15, -0.1) is 0 Å². The Kier molecular flexibility index (Phi) is 11.2. The Morgan fingerprint density at radius 2 is 1.72 bits per heavy atom. The monoisotopic (exact) mass is 506 g/mol. The Labute approximate surface area is 213 Å². The summed E-state index contributed by atoms with van der Waals surface area (Å²) in [5, 5.41) is 15.4. The van der Waals surface area contributed by atoms with Gasteiger partial charge in [0.15, 0.2) is 0 Å². The fourth-order valence-electron chi connectivity index (χ4n) is 3.66. The molecule has 10 nitrogen and oxygen atoms in total. The third-order valence-corrected chi connectivity index (χ3v) is 5.13. The van der Waals surface area contributed by atoms with Gasteiger partial charge in [-0.2, -0.15) is 0 Å². The predicted molar refractivity (Wildman–Crippen MR) is 137 cm³/mol. The molecule has 0 aromatic heterocycles. The molecule has 4 amide bonds. The highest BCUT2D eigenvalue weighted by Crippen LogP contribution is 2.31. The molecule has 0 radical (unpaired) electrons. The van der Waals surface area contributed by atoms with E-state index in [1.165, 1.54) is 17.0 Å². The molecule has 10 heteroatoms. The van der Waals surface area contributed by atoms with Crippen LogP contribution >= 0.6 is 0 Å². The third-order valence-electron chi connectivity index (χ3n) is 5.13. The van der Waals surface area contributed by atoms with Gasteiger partial charge in [-0.1, -0.05) is 31.9 Å². The second kappa shape index (κ2) is 13.1. The van der Waals surface area contributed by atoms with Gasteiger partial charge >= 0.3 is 6.09 Å². The Morgan fingerprint density at radius 1 is 1.08 bits per heavy atom. The maximum Gasteiger partial charge on any atom is 0.408 e. The number of nitrogens with zero attached hydrogens (tertiary/aromatic N) is 1. The van der Waals surface area contributed by atoms with Crippen molar-refractivity contribution >= 4 is 23.8 Å². The predicted octanol–water partition coefficient (Wildman–Crippen LogP) is 3.14. The quantitative estimate of drug-likeness (QED) is 0.339. The number of carbonyl (C=O) groups excluding carboxylic acids is 4. The molecular weight excluding hydrogens is 464 g/mol. The highest BCUT2D eigenvalue weighted by molar-refractivity contribution is 5.95. The molecular formula is C26H42N4O6. The lowest BCUT2D eigenvalue weighted by molar-refractivity contribution is -0.149. The number of aromatic hydroxyl groups is 1. The molecule has 0 saturated carbocycles. The number of carbonyl (C=O) groups is 4. The number of phenolic OH excluding ortho intramolecular Hbond substituents is 1. The van der Waals surface area contributed by atoms with Crippen LogP contribution in [0.4, 0.5) is 4.79 Å². The van der Waals surface area contributed by atoms with Crippen molar-refractivity contribution < 1.29 is 29.0 Å². The second-order valence-corrected chi connectivity index (χ2v) is 10.7. The molecule has 5 N–H and O–H groups in total. The van der Waals surface area contributed by atoms with E-state index in [4.69, 9.17) is 10.5 Å². The van der Waals surface area contributed by atoms with E-state index in [1.54, 1.807) is 53.7 Å². The van der Waals surface area contributed by atoms with Crippen LogP contribution in [0.5, 0.6) is 5.75 Å². The van der Waals surface area contributed by atoms with Gasteiger partial charge in [-0.25, -0.2) is 4.79 Å². The summed E-state index contributed by atoms with van der Waals surface area (Å²) >= 11 is 0. The van der Waals surface area contributed by atoms with Crippen LogP contribution in [0.25, 0.3) is 0 Å². The molecule has 0 aliphatic carbocycles. The van der Waals surface area contributed by atoms with Crippen molar-refractivity contribution in [2.45, 2.75) is 97.4 Å². The molecule has 0 bridgehead atoms. The van der Waals surface area contributed by atoms with E-state index in [0.717, 1.165) is 19.3 Å². The molecule has 202 valence electrons. The summed E-state index contributed by atoms with van der Waals surface area (Å²) < 4.78 is 5.26. The van der Waals surface area contributed by atoms with Crippen molar-refractivity contribution in [1.29, 1.82) is 0 Å². The normalized spacial score (nSPS) is 13.3. The van der Waals surface area contributed by atoms with Gasteiger partial charge in [0.2, 0.25) is 17.7 Å². The lowest BCUT2D eigenvalue weighted by atomic mass is 9.94. The first-order valence-corrected chi connectivity index (χ1v) is 12.2. The van der Waals surface area contributed by atoms with Crippen LogP contribution in [0, 0.1) is 0 Å². The molecule has 0 heterocycles. The minimum absolute atomic E-state index is 0.0712. The summed E-state index contributed by atoms with van der Waals surface area (Å²) in [7, 11) is 0. The van der Waals surface area contributed by atoms with Crippen LogP contribution in [-0.4, -0.2) is 57.5 Å². The zero-order valence-electron chi connectivity index (χ0n) is 22.5. The average molecular weight is 507 g/mol. The van der Waals surface area contributed by atoms with Crippen molar-refractivity contribution in [3.8, 4) is 5.75 Å². The number of amides is 4. The van der Waals surface area contributed by atoms with Crippen LogP contribution in [-0.2, 0) is 19.1 Å². The van der Waals surface area contributed by atoms with Crippen LogP contribution in [0.3, 0.4) is 0 Å². The number of unbranched alkanes of at least 4 members (excludes halogenated alkanes) is 2. The molecule has 0 aliphatic heterocycles. The van der Waals surface area contributed by atoms with E-state index in [0.29, 0.717) is 12.1 Å². The van der Waals surface area contributed by atoms with Gasteiger partial charge in [-0.05, 0) is 65.7 Å². The van der Waals surface area contributed by atoms with Crippen molar-refractivity contribution in [1.82, 2.24) is 15.5 Å². The van der Waals surface area contributed by atoms with Gasteiger partial charge in [0.1, 0.15) is 23.4 Å². The summed E-state index contributed by atoms with van der Waals surface area (Å²) in [6.45, 7) is 12.7. The molecule has 0 fully saturated rings. The van der Waals surface area contributed by atoms with Crippen molar-refractivity contribution in [3.63, 3.8) is 0 Å². The van der Waals surface area contributed by atoms with Gasteiger partial charge < -0.3 is 31.1 Å². The number of nitrogens with one attached hydrogen (secondary N) is 2. The first-order valence-electron chi connectivity index (χ1n) is 12.2. The number of alkyl carbamates (subject to hydrolysis) is 1. The van der Waals surface area contributed by atoms with E-state index in [-0.39, 0.29) is 5.75 Å². The number of phenols is 1. The zero-order chi connectivity index (χ0) is 27.7. The first kappa shape index (κ1) is 30.7. The van der Waals surface area contributed by atoms with Crippen LogP contribution in [0.15, 0.2) is 24.3 Å². The Balaban J connectivity index is 3.49. The molecule has 0 spiro atoms. The average Bonchev–Trinajstić information content (AvgIpc) is 2.71. The smallest absolute Gasteiger partial charge is 0.408 e. The largest absolute Gasteiger partial charge is 0.508 e. The Morgan fingerprint density at radius 3 is 2.22 bits per heavy atom. The summed E-state index contributed by atoms with van der Waals surface area (Å²) in [6.07, 6.45) is 1.29. The highest BCUT2D eigenvalue weighted by atomic mass is 16.6. The Bertz CT molecular complexity index is 920. The topological polar surface area (TPSA) is 151 Å². The van der Waals surface area contributed by atoms with Gasteiger partial charge in [-0.3, -0.25) is 14.4 Å². The zero-order valence-corrected chi connectivity index (χ0v) is 22.5. The maximum absolute atomic E-state index is 13.9. The second-order valence-electron chi connectivity index (χ2n) is 10.7. The molecule has 0 saturated heterocycles. The number of hydrogen-bond donors (Lipinski definition) is 4. The van der Waals surface area contributed by atoms with Crippen molar-refractivity contribution in [2.24, 2.45) is 5.73 Å². The van der Waals surface area contributed by atoms with E-state index in [2.05, 4.69) is 10.6 Å². The van der Waals surface area contributed by atoms with E-state index >= 15 is 0 Å². The highest BCUT2D eigenvalue weighted by Gasteiger charge is 2.42. The van der Waals surface area contributed by atoms with Crippen LogP contribution in [0.2, 0.25) is 0 Å². The van der Waals surface area contributed by atoms with Gasteiger partial charge in [0, 0.05) is 12.1 Å². The van der Waals surface area contributed by atoms with Gasteiger partial charge in [0.25, 0.3) is 0 Å². The van der Waals surface area contributed by atoms with Crippen molar-refractivity contribution in [2.75, 3.05) is 6.54 Å².